The minimum atomic E-state index is 0.0143. The molecule has 4 rings (SSSR count). The summed E-state index contributed by atoms with van der Waals surface area (Å²) in [6.07, 6.45) is 1.88. The molecule has 2 amide bonds. The molecule has 0 aromatic heterocycles. The van der Waals surface area contributed by atoms with Gasteiger partial charge >= 0.3 is 0 Å². The molecule has 3 aromatic rings. The lowest BCUT2D eigenvalue weighted by Crippen LogP contribution is -2.46. The Morgan fingerprint density at radius 1 is 0.879 bits per heavy atom. The van der Waals surface area contributed by atoms with E-state index in [1.54, 1.807) is 0 Å². The van der Waals surface area contributed by atoms with Crippen molar-refractivity contribution in [2.45, 2.75) is 32.2 Å². The average Bonchev–Trinajstić information content (AvgIpc) is 2.86. The topological polar surface area (TPSA) is 58.6 Å². The molecule has 5 heteroatoms. The van der Waals surface area contributed by atoms with E-state index in [-0.39, 0.29) is 17.9 Å². The Labute approximate surface area is 195 Å². The van der Waals surface area contributed by atoms with Gasteiger partial charge < -0.3 is 15.0 Å². The number of carbonyl (C=O) groups is 2. The molecule has 1 saturated heterocycles. The highest BCUT2D eigenvalue weighted by molar-refractivity contribution is 5.94. The van der Waals surface area contributed by atoms with E-state index in [2.05, 4.69) is 17.4 Å². The predicted octanol–water partition coefficient (Wildman–Crippen LogP) is 4.72. The van der Waals surface area contributed by atoms with Crippen LogP contribution in [0.2, 0.25) is 0 Å². The lowest BCUT2D eigenvalue weighted by Gasteiger charge is -2.32. The molecule has 0 bridgehead atoms. The average molecular weight is 443 g/mol. The van der Waals surface area contributed by atoms with E-state index in [1.165, 1.54) is 0 Å². The lowest BCUT2D eigenvalue weighted by molar-refractivity contribution is -0.121. The maximum atomic E-state index is 12.9. The van der Waals surface area contributed by atoms with Crippen LogP contribution in [0.5, 0.6) is 5.75 Å². The first-order chi connectivity index (χ1) is 16.1. The molecule has 1 heterocycles. The summed E-state index contributed by atoms with van der Waals surface area (Å²) in [4.78, 5) is 27.3. The number of nitrogens with one attached hydrogen (secondary N) is 1. The second kappa shape index (κ2) is 10.8. The molecule has 3 aromatic carbocycles. The number of amides is 2. The highest BCUT2D eigenvalue weighted by atomic mass is 16.5. The van der Waals surface area contributed by atoms with Crippen molar-refractivity contribution in [1.82, 2.24) is 10.2 Å². The molecule has 5 nitrogen and oxygen atoms in total. The van der Waals surface area contributed by atoms with Gasteiger partial charge in [0.2, 0.25) is 5.91 Å². The van der Waals surface area contributed by atoms with E-state index in [9.17, 15) is 9.59 Å². The number of rotatable bonds is 7. The zero-order valence-corrected chi connectivity index (χ0v) is 19.0. The number of ether oxygens (including phenoxy) is 1. The van der Waals surface area contributed by atoms with Crippen LogP contribution in [0.4, 0.5) is 0 Å². The number of piperidine rings is 1. The number of carbonyl (C=O) groups excluding carboxylic acids is 2. The summed E-state index contributed by atoms with van der Waals surface area (Å²) < 4.78 is 5.44. The van der Waals surface area contributed by atoms with E-state index in [1.807, 2.05) is 78.6 Å². The van der Waals surface area contributed by atoms with E-state index >= 15 is 0 Å². The summed E-state index contributed by atoms with van der Waals surface area (Å²) in [5.41, 5.74) is 3.90. The molecule has 0 spiro atoms. The monoisotopic (exact) mass is 442 g/mol. The molecule has 0 aliphatic carbocycles. The van der Waals surface area contributed by atoms with Crippen molar-refractivity contribution in [3.05, 3.63) is 90.0 Å². The number of likely N-dealkylation sites (tertiary alicyclic amines) is 1. The number of hydrogen-bond acceptors (Lipinski definition) is 3. The largest absolute Gasteiger partial charge is 0.494 e. The van der Waals surface area contributed by atoms with Crippen molar-refractivity contribution < 1.29 is 14.3 Å². The van der Waals surface area contributed by atoms with Gasteiger partial charge in [0, 0.05) is 24.7 Å². The van der Waals surface area contributed by atoms with Gasteiger partial charge in [-0.1, -0.05) is 54.6 Å². The minimum absolute atomic E-state index is 0.0143. The summed E-state index contributed by atoms with van der Waals surface area (Å²) in [7, 11) is 0. The standard InChI is InChI=1S/C28H30N2O3/c1-2-33-26-14-8-21(9-15-26)20-27(31)29-25-16-18-30(19-17-25)28(32)24-12-10-23(11-13-24)22-6-4-3-5-7-22/h3-15,25H,2,16-20H2,1H3,(H,29,31). The van der Waals surface area contributed by atoms with Crippen molar-refractivity contribution in [1.29, 1.82) is 0 Å². The summed E-state index contributed by atoms with van der Waals surface area (Å²) in [6, 6.07) is 25.7. The third-order valence-electron chi connectivity index (χ3n) is 5.99. The normalized spacial score (nSPS) is 14.0. The summed E-state index contributed by atoms with van der Waals surface area (Å²) in [5.74, 6) is 0.877. The minimum Gasteiger partial charge on any atom is -0.494 e. The van der Waals surface area contributed by atoms with Crippen LogP contribution in [0.3, 0.4) is 0 Å². The van der Waals surface area contributed by atoms with E-state index in [0.717, 1.165) is 35.3 Å². The molecule has 1 N–H and O–H groups in total. The van der Waals surface area contributed by atoms with E-state index < -0.39 is 0 Å². The van der Waals surface area contributed by atoms with Gasteiger partial charge in [-0.05, 0) is 60.7 Å². The maximum Gasteiger partial charge on any atom is 0.253 e. The zero-order valence-electron chi connectivity index (χ0n) is 19.0. The number of nitrogens with zero attached hydrogens (tertiary/aromatic N) is 1. The van der Waals surface area contributed by atoms with Crippen molar-refractivity contribution in [2.75, 3.05) is 19.7 Å². The van der Waals surface area contributed by atoms with E-state index in [0.29, 0.717) is 31.7 Å². The quantitative estimate of drug-likeness (QED) is 0.576. The molecule has 170 valence electrons. The molecule has 1 fully saturated rings. The van der Waals surface area contributed by atoms with Gasteiger partial charge in [-0.15, -0.1) is 0 Å². The van der Waals surface area contributed by atoms with Gasteiger partial charge in [0.25, 0.3) is 5.91 Å². The van der Waals surface area contributed by atoms with Crippen LogP contribution in [0.25, 0.3) is 11.1 Å². The molecule has 0 atom stereocenters. The Kier molecular flexibility index (Phi) is 7.40. The molecule has 0 radical (unpaired) electrons. The lowest BCUT2D eigenvalue weighted by atomic mass is 10.0. The Balaban J connectivity index is 1.25. The summed E-state index contributed by atoms with van der Waals surface area (Å²) >= 11 is 0. The highest BCUT2D eigenvalue weighted by Crippen LogP contribution is 2.21. The Morgan fingerprint density at radius 3 is 2.15 bits per heavy atom. The van der Waals surface area contributed by atoms with Gasteiger partial charge in [-0.2, -0.15) is 0 Å². The molecular weight excluding hydrogens is 412 g/mol. The fraction of sp³-hybridized carbons (Fsp3) is 0.286. The fourth-order valence-corrected chi connectivity index (χ4v) is 4.18. The third kappa shape index (κ3) is 6.01. The smallest absolute Gasteiger partial charge is 0.253 e. The number of benzene rings is 3. The maximum absolute atomic E-state index is 12.9. The van der Waals surface area contributed by atoms with Crippen LogP contribution in [0.1, 0.15) is 35.7 Å². The molecule has 0 unspecified atom stereocenters. The van der Waals surface area contributed by atoms with Gasteiger partial charge in [0.1, 0.15) is 5.75 Å². The van der Waals surface area contributed by atoms with Gasteiger partial charge in [0.05, 0.1) is 13.0 Å². The zero-order chi connectivity index (χ0) is 23.0. The Bertz CT molecular complexity index is 1050. The Morgan fingerprint density at radius 2 is 1.52 bits per heavy atom. The highest BCUT2D eigenvalue weighted by Gasteiger charge is 2.24. The van der Waals surface area contributed by atoms with Crippen LogP contribution < -0.4 is 10.1 Å². The van der Waals surface area contributed by atoms with Crippen molar-refractivity contribution in [2.24, 2.45) is 0 Å². The second-order valence-corrected chi connectivity index (χ2v) is 8.33. The van der Waals surface area contributed by atoms with Gasteiger partial charge in [0.15, 0.2) is 0 Å². The first-order valence-electron chi connectivity index (χ1n) is 11.6. The SMILES string of the molecule is CCOc1ccc(CC(=O)NC2CCN(C(=O)c3ccc(-c4ccccc4)cc3)CC2)cc1. The number of hydrogen-bond donors (Lipinski definition) is 1. The van der Waals surface area contributed by atoms with Crippen LogP contribution >= 0.6 is 0 Å². The fourth-order valence-electron chi connectivity index (χ4n) is 4.18. The van der Waals surface area contributed by atoms with Crippen LogP contribution in [0, 0.1) is 0 Å². The van der Waals surface area contributed by atoms with Crippen molar-refractivity contribution >= 4 is 11.8 Å². The summed E-state index contributed by atoms with van der Waals surface area (Å²) in [5, 5.41) is 3.12. The first kappa shape index (κ1) is 22.6. The predicted molar refractivity (Wildman–Crippen MR) is 130 cm³/mol. The summed E-state index contributed by atoms with van der Waals surface area (Å²) in [6.45, 7) is 3.86. The van der Waals surface area contributed by atoms with Crippen LogP contribution in [-0.2, 0) is 11.2 Å². The molecule has 1 aliphatic rings. The third-order valence-corrected chi connectivity index (χ3v) is 5.99. The Hall–Kier alpha value is -3.60. The van der Waals surface area contributed by atoms with Gasteiger partial charge in [-0.3, -0.25) is 9.59 Å². The van der Waals surface area contributed by atoms with Crippen molar-refractivity contribution in [3.8, 4) is 16.9 Å². The van der Waals surface area contributed by atoms with Gasteiger partial charge in [-0.25, -0.2) is 0 Å². The first-order valence-corrected chi connectivity index (χ1v) is 11.6. The molecule has 1 aliphatic heterocycles. The van der Waals surface area contributed by atoms with E-state index in [4.69, 9.17) is 4.74 Å². The van der Waals surface area contributed by atoms with Crippen LogP contribution in [-0.4, -0.2) is 42.5 Å². The second-order valence-electron chi connectivity index (χ2n) is 8.33. The van der Waals surface area contributed by atoms with Crippen LogP contribution in [0.15, 0.2) is 78.9 Å². The molecule has 0 saturated carbocycles. The van der Waals surface area contributed by atoms with Crippen molar-refractivity contribution in [3.63, 3.8) is 0 Å². The molecular formula is C28H30N2O3. The molecule has 33 heavy (non-hydrogen) atoms.